The lowest BCUT2D eigenvalue weighted by atomic mass is 10.1. The van der Waals surface area contributed by atoms with Gasteiger partial charge in [-0.1, -0.05) is 0 Å². The summed E-state index contributed by atoms with van der Waals surface area (Å²) in [7, 11) is 0. The van der Waals surface area contributed by atoms with E-state index in [-0.39, 0.29) is 5.54 Å². The fourth-order valence-electron chi connectivity index (χ4n) is 1.75. The molecule has 0 radical (unpaired) electrons. The molecule has 1 fully saturated rings. The van der Waals surface area contributed by atoms with Gasteiger partial charge < -0.3 is 5.32 Å². The Morgan fingerprint density at radius 1 is 1.31 bits per heavy atom. The van der Waals surface area contributed by atoms with E-state index in [0.29, 0.717) is 19.5 Å². The van der Waals surface area contributed by atoms with E-state index in [2.05, 4.69) is 4.90 Å². The summed E-state index contributed by atoms with van der Waals surface area (Å²) in [6, 6.07) is -0.395. The van der Waals surface area contributed by atoms with Crippen molar-refractivity contribution in [1.29, 1.82) is 0 Å². The van der Waals surface area contributed by atoms with Crippen LogP contribution in [0.2, 0.25) is 0 Å². The number of nitrogens with zero attached hydrogens (tertiary/aromatic N) is 1. The third-order valence-corrected chi connectivity index (χ3v) is 2.73. The molecule has 0 bridgehead atoms. The zero-order valence-electron chi connectivity index (χ0n) is 9.69. The van der Waals surface area contributed by atoms with Crippen LogP contribution in [0.25, 0.3) is 0 Å². The second kappa shape index (κ2) is 4.24. The number of rotatable bonds is 1. The molecule has 1 atom stereocenters. The molecule has 6 heteroatoms. The number of hydrogen-bond donors (Lipinski definition) is 1. The van der Waals surface area contributed by atoms with Crippen LogP contribution in [0.1, 0.15) is 27.2 Å². The van der Waals surface area contributed by atoms with Crippen LogP contribution < -0.4 is 5.32 Å². The quantitative estimate of drug-likeness (QED) is 0.751. The van der Waals surface area contributed by atoms with E-state index in [1.807, 2.05) is 26.1 Å². The minimum Gasteiger partial charge on any atom is -0.344 e. The fourth-order valence-corrected chi connectivity index (χ4v) is 1.75. The van der Waals surface area contributed by atoms with Crippen molar-refractivity contribution in [2.75, 3.05) is 13.1 Å². The van der Waals surface area contributed by atoms with Crippen molar-refractivity contribution >= 4 is 5.91 Å². The summed E-state index contributed by atoms with van der Waals surface area (Å²) in [5, 5.41) is 2.02. The third kappa shape index (κ3) is 3.37. The summed E-state index contributed by atoms with van der Waals surface area (Å²) in [5.41, 5.74) is -0.0717. The predicted octanol–water partition coefficient (Wildman–Crippen LogP) is 1.54. The summed E-state index contributed by atoms with van der Waals surface area (Å²) >= 11 is 0. The molecular formula is C10H17F3N2O. The molecule has 0 aromatic heterocycles. The van der Waals surface area contributed by atoms with Crippen LogP contribution in [-0.2, 0) is 4.79 Å². The van der Waals surface area contributed by atoms with Crippen LogP contribution in [0.3, 0.4) is 0 Å². The van der Waals surface area contributed by atoms with Gasteiger partial charge in [-0.3, -0.25) is 9.69 Å². The Kier molecular flexibility index (Phi) is 3.52. The van der Waals surface area contributed by atoms with E-state index in [9.17, 15) is 18.0 Å². The second-order valence-electron chi connectivity index (χ2n) is 5.07. The zero-order valence-corrected chi connectivity index (χ0v) is 9.69. The Morgan fingerprint density at radius 2 is 1.88 bits per heavy atom. The van der Waals surface area contributed by atoms with E-state index in [0.717, 1.165) is 0 Å². The standard InChI is InChI=1S/C10H17F3N2O/c1-9(2,3)15-5-4-7(6-15)14-8(16)10(11,12)13/h7H,4-6H2,1-3H3,(H,14,16)/t7-/m0/s1. The lowest BCUT2D eigenvalue weighted by molar-refractivity contribution is -0.174. The fraction of sp³-hybridized carbons (Fsp3) is 0.900. The first-order chi connectivity index (χ1) is 7.10. The lowest BCUT2D eigenvalue weighted by Gasteiger charge is -2.31. The maximum Gasteiger partial charge on any atom is 0.471 e. The molecule has 0 spiro atoms. The number of carbonyl (C=O) groups is 1. The first-order valence-corrected chi connectivity index (χ1v) is 5.23. The van der Waals surface area contributed by atoms with Crippen molar-refractivity contribution in [3.8, 4) is 0 Å². The number of likely N-dealkylation sites (tertiary alicyclic amines) is 1. The molecule has 1 aliphatic rings. The van der Waals surface area contributed by atoms with Gasteiger partial charge in [-0.2, -0.15) is 13.2 Å². The number of carbonyl (C=O) groups excluding carboxylic acids is 1. The number of amides is 1. The van der Waals surface area contributed by atoms with E-state index < -0.39 is 18.1 Å². The minimum atomic E-state index is -4.78. The molecule has 1 amide bonds. The van der Waals surface area contributed by atoms with Crippen LogP contribution in [0, 0.1) is 0 Å². The second-order valence-corrected chi connectivity index (χ2v) is 5.07. The number of halogens is 3. The van der Waals surface area contributed by atoms with Crippen molar-refractivity contribution in [2.45, 2.75) is 44.9 Å². The number of nitrogens with one attached hydrogen (secondary N) is 1. The molecule has 0 aliphatic carbocycles. The molecule has 16 heavy (non-hydrogen) atoms. The Morgan fingerprint density at radius 3 is 2.25 bits per heavy atom. The van der Waals surface area contributed by atoms with Crippen molar-refractivity contribution in [2.24, 2.45) is 0 Å². The molecular weight excluding hydrogens is 221 g/mol. The van der Waals surface area contributed by atoms with Gasteiger partial charge in [0.2, 0.25) is 0 Å². The van der Waals surface area contributed by atoms with Crippen LogP contribution in [-0.4, -0.2) is 41.7 Å². The monoisotopic (exact) mass is 238 g/mol. The number of alkyl halides is 3. The van der Waals surface area contributed by atoms with Gasteiger partial charge in [0.1, 0.15) is 0 Å². The Hall–Kier alpha value is -0.780. The first-order valence-electron chi connectivity index (χ1n) is 5.23. The van der Waals surface area contributed by atoms with E-state index in [1.165, 1.54) is 0 Å². The average Bonchev–Trinajstić information content (AvgIpc) is 2.49. The summed E-state index contributed by atoms with van der Waals surface area (Å²) in [6.07, 6.45) is -4.21. The van der Waals surface area contributed by atoms with Gasteiger partial charge in [-0.05, 0) is 27.2 Å². The SMILES string of the molecule is CC(C)(C)N1CC[C@H](NC(=O)C(F)(F)F)C1. The molecule has 1 rings (SSSR count). The highest BCUT2D eigenvalue weighted by Crippen LogP contribution is 2.21. The minimum absolute atomic E-state index is 0.0717. The molecule has 1 N–H and O–H groups in total. The van der Waals surface area contributed by atoms with Crippen molar-refractivity contribution in [3.05, 3.63) is 0 Å². The molecule has 1 aliphatic heterocycles. The normalized spacial score (nSPS) is 23.5. The molecule has 0 aromatic carbocycles. The molecule has 3 nitrogen and oxygen atoms in total. The molecule has 1 saturated heterocycles. The average molecular weight is 238 g/mol. The van der Waals surface area contributed by atoms with Gasteiger partial charge in [0.15, 0.2) is 0 Å². The van der Waals surface area contributed by atoms with Gasteiger partial charge in [0, 0.05) is 24.7 Å². The van der Waals surface area contributed by atoms with Gasteiger partial charge in [0.25, 0.3) is 0 Å². The largest absolute Gasteiger partial charge is 0.471 e. The van der Waals surface area contributed by atoms with Crippen LogP contribution in [0.5, 0.6) is 0 Å². The van der Waals surface area contributed by atoms with E-state index >= 15 is 0 Å². The van der Waals surface area contributed by atoms with Gasteiger partial charge in [0.05, 0.1) is 0 Å². The third-order valence-electron chi connectivity index (χ3n) is 2.73. The van der Waals surface area contributed by atoms with E-state index in [1.54, 1.807) is 0 Å². The maximum absolute atomic E-state index is 12.0. The zero-order chi connectivity index (χ0) is 12.6. The van der Waals surface area contributed by atoms with Gasteiger partial charge in [-0.15, -0.1) is 0 Å². The number of hydrogen-bond acceptors (Lipinski definition) is 2. The highest BCUT2D eigenvalue weighted by atomic mass is 19.4. The van der Waals surface area contributed by atoms with Crippen molar-refractivity contribution < 1.29 is 18.0 Å². The summed E-state index contributed by atoms with van der Waals surface area (Å²) in [4.78, 5) is 12.8. The lowest BCUT2D eigenvalue weighted by Crippen LogP contribution is -2.46. The molecule has 0 saturated carbocycles. The van der Waals surface area contributed by atoms with Gasteiger partial charge in [-0.25, -0.2) is 0 Å². The Bertz CT molecular complexity index is 270. The smallest absolute Gasteiger partial charge is 0.344 e. The van der Waals surface area contributed by atoms with Crippen LogP contribution in [0.4, 0.5) is 13.2 Å². The van der Waals surface area contributed by atoms with E-state index in [4.69, 9.17) is 0 Å². The van der Waals surface area contributed by atoms with Gasteiger partial charge >= 0.3 is 12.1 Å². The van der Waals surface area contributed by atoms with Crippen molar-refractivity contribution in [3.63, 3.8) is 0 Å². The van der Waals surface area contributed by atoms with Crippen LogP contribution in [0.15, 0.2) is 0 Å². The first kappa shape index (κ1) is 13.3. The maximum atomic E-state index is 12.0. The highest BCUT2D eigenvalue weighted by molar-refractivity contribution is 5.81. The summed E-state index contributed by atoms with van der Waals surface area (Å²) in [6.45, 7) is 7.19. The molecule has 94 valence electrons. The summed E-state index contributed by atoms with van der Waals surface area (Å²) in [5.74, 6) is -1.84. The molecule has 1 heterocycles. The molecule has 0 aromatic rings. The van der Waals surface area contributed by atoms with Crippen molar-refractivity contribution in [1.82, 2.24) is 10.2 Å². The molecule has 0 unspecified atom stereocenters. The predicted molar refractivity (Wildman–Crippen MR) is 53.9 cm³/mol. The Balaban J connectivity index is 2.47. The van der Waals surface area contributed by atoms with Crippen LogP contribution >= 0.6 is 0 Å². The Labute approximate surface area is 93.0 Å². The highest BCUT2D eigenvalue weighted by Gasteiger charge is 2.41. The topological polar surface area (TPSA) is 32.3 Å². The summed E-state index contributed by atoms with van der Waals surface area (Å²) < 4.78 is 36.0.